The van der Waals surface area contributed by atoms with Gasteiger partial charge in [-0.25, -0.2) is 0 Å². The first kappa shape index (κ1) is 21.2. The lowest BCUT2D eigenvalue weighted by atomic mass is 10.0. The van der Waals surface area contributed by atoms with Crippen LogP contribution in [0, 0.1) is 0 Å². The first-order valence-electron chi connectivity index (χ1n) is 9.26. The Morgan fingerprint density at radius 3 is 2.29 bits per heavy atom. The summed E-state index contributed by atoms with van der Waals surface area (Å²) in [6.07, 6.45) is 4.22. The maximum atomic E-state index is 13.0. The van der Waals surface area contributed by atoms with E-state index in [9.17, 15) is 9.59 Å². The van der Waals surface area contributed by atoms with Gasteiger partial charge in [0, 0.05) is 25.2 Å². The number of benzene rings is 2. The van der Waals surface area contributed by atoms with Crippen LogP contribution in [0.1, 0.15) is 45.7 Å². The smallest absolute Gasteiger partial charge is 0.253 e. The van der Waals surface area contributed by atoms with Gasteiger partial charge in [-0.2, -0.15) is 0 Å². The van der Waals surface area contributed by atoms with Crippen LogP contribution in [-0.4, -0.2) is 36.8 Å². The SMILES string of the molecule is C=CCc1cccc(C=C(OC(C)C)C(=O)c2ccc(C(=O)N(C)C)cc2)c1. The molecule has 0 bridgehead atoms. The molecule has 4 nitrogen and oxygen atoms in total. The minimum absolute atomic E-state index is 0.104. The average Bonchev–Trinajstić information content (AvgIpc) is 2.66. The lowest BCUT2D eigenvalue weighted by Crippen LogP contribution is -2.21. The maximum Gasteiger partial charge on any atom is 0.253 e. The first-order valence-corrected chi connectivity index (χ1v) is 9.26. The molecule has 1 amide bonds. The van der Waals surface area contributed by atoms with Gasteiger partial charge in [0.2, 0.25) is 5.78 Å². The van der Waals surface area contributed by atoms with E-state index < -0.39 is 0 Å². The molecule has 0 saturated carbocycles. The van der Waals surface area contributed by atoms with E-state index in [1.807, 2.05) is 44.2 Å². The van der Waals surface area contributed by atoms with Gasteiger partial charge < -0.3 is 9.64 Å². The zero-order valence-corrected chi connectivity index (χ0v) is 16.9. The number of ketones is 1. The van der Waals surface area contributed by atoms with Crippen molar-refractivity contribution < 1.29 is 14.3 Å². The summed E-state index contributed by atoms with van der Waals surface area (Å²) >= 11 is 0. The van der Waals surface area contributed by atoms with Crippen LogP contribution in [0.25, 0.3) is 6.08 Å². The van der Waals surface area contributed by atoms with E-state index in [0.717, 1.165) is 17.5 Å². The molecule has 0 N–H and O–H groups in total. The second kappa shape index (κ2) is 9.70. The van der Waals surface area contributed by atoms with Crippen molar-refractivity contribution in [3.05, 3.63) is 89.2 Å². The molecule has 2 aromatic rings. The van der Waals surface area contributed by atoms with Crippen LogP contribution in [0.5, 0.6) is 0 Å². The fourth-order valence-corrected chi connectivity index (χ4v) is 2.70. The molecule has 0 aliphatic rings. The predicted octanol–water partition coefficient (Wildman–Crippen LogP) is 4.77. The molecule has 28 heavy (non-hydrogen) atoms. The lowest BCUT2D eigenvalue weighted by molar-refractivity contribution is 0.0824. The van der Waals surface area contributed by atoms with Gasteiger partial charge in [0.15, 0.2) is 5.76 Å². The molecule has 0 aliphatic heterocycles. The third-order valence-corrected chi connectivity index (χ3v) is 4.02. The highest BCUT2D eigenvalue weighted by molar-refractivity contribution is 6.10. The van der Waals surface area contributed by atoms with E-state index in [0.29, 0.717) is 11.1 Å². The molecule has 0 saturated heterocycles. The molecule has 2 aromatic carbocycles. The Labute approximate surface area is 167 Å². The number of rotatable bonds is 8. The summed E-state index contributed by atoms with van der Waals surface area (Å²) in [5.41, 5.74) is 3.02. The lowest BCUT2D eigenvalue weighted by Gasteiger charge is -2.14. The number of allylic oxidation sites excluding steroid dienone is 2. The Balaban J connectivity index is 2.34. The number of carbonyl (C=O) groups excluding carboxylic acids is 2. The summed E-state index contributed by atoms with van der Waals surface area (Å²) in [7, 11) is 3.39. The number of hydrogen-bond donors (Lipinski definition) is 0. The molecule has 0 aromatic heterocycles. The second-order valence-corrected chi connectivity index (χ2v) is 7.02. The Kier molecular flexibility index (Phi) is 7.33. The summed E-state index contributed by atoms with van der Waals surface area (Å²) in [5.74, 6) is -0.0451. The van der Waals surface area contributed by atoms with Crippen LogP contribution in [-0.2, 0) is 11.2 Å². The maximum absolute atomic E-state index is 13.0. The van der Waals surface area contributed by atoms with Crippen molar-refractivity contribution in [3.63, 3.8) is 0 Å². The number of carbonyl (C=O) groups is 2. The normalized spacial score (nSPS) is 11.2. The molecular weight excluding hydrogens is 350 g/mol. The summed E-state index contributed by atoms with van der Waals surface area (Å²) in [6.45, 7) is 7.53. The van der Waals surface area contributed by atoms with Gasteiger partial charge in [-0.3, -0.25) is 9.59 Å². The van der Waals surface area contributed by atoms with Gasteiger partial charge >= 0.3 is 0 Å². The molecule has 0 unspecified atom stereocenters. The highest BCUT2D eigenvalue weighted by atomic mass is 16.5. The number of ether oxygens (including phenoxy) is 1. The monoisotopic (exact) mass is 377 g/mol. The van der Waals surface area contributed by atoms with E-state index in [-0.39, 0.29) is 23.6 Å². The van der Waals surface area contributed by atoms with Crippen LogP contribution in [0.4, 0.5) is 0 Å². The number of amides is 1. The molecule has 0 heterocycles. The van der Waals surface area contributed by atoms with E-state index in [4.69, 9.17) is 4.74 Å². The Morgan fingerprint density at radius 2 is 1.71 bits per heavy atom. The molecule has 146 valence electrons. The largest absolute Gasteiger partial charge is 0.487 e. The van der Waals surface area contributed by atoms with Crippen LogP contribution in [0.15, 0.2) is 66.9 Å². The second-order valence-electron chi connectivity index (χ2n) is 7.02. The third kappa shape index (κ3) is 5.68. The van der Waals surface area contributed by atoms with E-state index in [1.54, 1.807) is 44.4 Å². The predicted molar refractivity (Wildman–Crippen MR) is 113 cm³/mol. The molecule has 0 spiro atoms. The molecule has 0 atom stereocenters. The zero-order valence-electron chi connectivity index (χ0n) is 16.9. The number of nitrogens with zero attached hydrogens (tertiary/aromatic N) is 1. The van der Waals surface area contributed by atoms with E-state index in [2.05, 4.69) is 6.58 Å². The fourth-order valence-electron chi connectivity index (χ4n) is 2.70. The first-order chi connectivity index (χ1) is 13.3. The van der Waals surface area contributed by atoms with Gasteiger partial charge in [-0.15, -0.1) is 6.58 Å². The number of Topliss-reactive ketones (excluding diaryl/α,β-unsaturated/α-hetero) is 1. The summed E-state index contributed by atoms with van der Waals surface area (Å²) in [5, 5.41) is 0. The summed E-state index contributed by atoms with van der Waals surface area (Å²) < 4.78 is 5.80. The van der Waals surface area contributed by atoms with E-state index in [1.165, 1.54) is 4.90 Å². The standard InChI is InChI=1S/C24H27NO3/c1-6-8-18-9-7-10-19(15-18)16-22(28-17(2)3)23(26)20-11-13-21(14-12-20)24(27)25(4)5/h6-7,9-17H,1,8H2,2-5H3. The van der Waals surface area contributed by atoms with E-state index >= 15 is 0 Å². The highest BCUT2D eigenvalue weighted by Gasteiger charge is 2.17. The molecular formula is C24H27NO3. The van der Waals surface area contributed by atoms with Crippen molar-refractivity contribution in [1.82, 2.24) is 4.90 Å². The quantitative estimate of drug-likeness (QED) is 0.288. The topological polar surface area (TPSA) is 46.6 Å². The molecule has 2 rings (SSSR count). The van der Waals surface area contributed by atoms with Crippen molar-refractivity contribution in [1.29, 1.82) is 0 Å². The molecule has 0 radical (unpaired) electrons. The van der Waals surface area contributed by atoms with Crippen molar-refractivity contribution >= 4 is 17.8 Å². The van der Waals surface area contributed by atoms with Gasteiger partial charge in [0.05, 0.1) is 6.10 Å². The van der Waals surface area contributed by atoms with Crippen molar-refractivity contribution in [2.75, 3.05) is 14.1 Å². The summed E-state index contributed by atoms with van der Waals surface area (Å²) in [6, 6.07) is 14.5. The molecule has 0 fully saturated rings. The van der Waals surface area contributed by atoms with Gasteiger partial charge in [-0.1, -0.05) is 42.5 Å². The van der Waals surface area contributed by atoms with Crippen LogP contribution < -0.4 is 0 Å². The van der Waals surface area contributed by atoms with Gasteiger partial charge in [0.1, 0.15) is 0 Å². The Morgan fingerprint density at radius 1 is 1.07 bits per heavy atom. The number of hydrogen-bond acceptors (Lipinski definition) is 3. The van der Waals surface area contributed by atoms with Crippen molar-refractivity contribution in [3.8, 4) is 0 Å². The van der Waals surface area contributed by atoms with Crippen LogP contribution in [0.3, 0.4) is 0 Å². The third-order valence-electron chi connectivity index (χ3n) is 4.02. The van der Waals surface area contributed by atoms with Crippen molar-refractivity contribution in [2.45, 2.75) is 26.4 Å². The minimum Gasteiger partial charge on any atom is -0.487 e. The van der Waals surface area contributed by atoms with Crippen LogP contribution >= 0.6 is 0 Å². The Hall–Kier alpha value is -3.14. The van der Waals surface area contributed by atoms with Crippen molar-refractivity contribution in [2.24, 2.45) is 0 Å². The molecule has 0 aliphatic carbocycles. The fraction of sp³-hybridized carbons (Fsp3) is 0.250. The van der Waals surface area contributed by atoms with Gasteiger partial charge in [-0.05, 0) is 49.6 Å². The average molecular weight is 377 g/mol. The highest BCUT2D eigenvalue weighted by Crippen LogP contribution is 2.18. The Bertz CT molecular complexity index is 877. The van der Waals surface area contributed by atoms with Gasteiger partial charge in [0.25, 0.3) is 5.91 Å². The molecule has 4 heteroatoms. The minimum atomic E-state index is -0.216. The zero-order chi connectivity index (χ0) is 20.7. The van der Waals surface area contributed by atoms with Crippen LogP contribution in [0.2, 0.25) is 0 Å². The summed E-state index contributed by atoms with van der Waals surface area (Å²) in [4.78, 5) is 26.5.